The van der Waals surface area contributed by atoms with Crippen LogP contribution < -0.4 is 0 Å². The van der Waals surface area contributed by atoms with Gasteiger partial charge in [-0.3, -0.25) is 0 Å². The van der Waals surface area contributed by atoms with Crippen molar-refractivity contribution in [1.82, 2.24) is 15.0 Å². The Morgan fingerprint density at radius 2 is 1.57 bits per heavy atom. The number of carboxylic acid groups (broad SMARTS) is 1. The summed E-state index contributed by atoms with van der Waals surface area (Å²) in [5, 5.41) is 17.5. The number of halogens is 3. The normalized spacial score (nSPS) is 11.4. The number of aromatic nitrogens is 3. The molecule has 3 aromatic carbocycles. The highest BCUT2D eigenvalue weighted by Crippen LogP contribution is 2.31. The van der Waals surface area contributed by atoms with Crippen LogP contribution in [0.25, 0.3) is 28.1 Å². The third kappa shape index (κ3) is 3.93. The molecule has 4 aromatic rings. The zero-order valence-electron chi connectivity index (χ0n) is 15.3. The van der Waals surface area contributed by atoms with Gasteiger partial charge in [-0.25, -0.2) is 9.48 Å². The van der Waals surface area contributed by atoms with Crippen molar-refractivity contribution in [3.63, 3.8) is 0 Å². The summed E-state index contributed by atoms with van der Waals surface area (Å²) in [6, 6.07) is 18.7. The number of rotatable bonds is 4. The van der Waals surface area contributed by atoms with E-state index in [2.05, 4.69) is 10.3 Å². The van der Waals surface area contributed by atoms with Crippen LogP contribution in [0.15, 0.2) is 79.0 Å². The topological polar surface area (TPSA) is 68.0 Å². The third-order valence-corrected chi connectivity index (χ3v) is 4.54. The number of hydrogen-bond acceptors (Lipinski definition) is 3. The molecule has 0 aliphatic carbocycles. The summed E-state index contributed by atoms with van der Waals surface area (Å²) in [5.41, 5.74) is 2.16. The van der Waals surface area contributed by atoms with Gasteiger partial charge in [0, 0.05) is 5.56 Å². The van der Waals surface area contributed by atoms with Crippen molar-refractivity contribution in [2.24, 2.45) is 0 Å². The van der Waals surface area contributed by atoms with E-state index >= 15 is 0 Å². The second kappa shape index (κ2) is 7.47. The van der Waals surface area contributed by atoms with Gasteiger partial charge in [-0.15, -0.1) is 5.10 Å². The van der Waals surface area contributed by atoms with Gasteiger partial charge < -0.3 is 5.11 Å². The molecule has 1 aromatic heterocycles. The quantitative estimate of drug-likeness (QED) is 0.496. The smallest absolute Gasteiger partial charge is 0.416 e. The Labute approximate surface area is 169 Å². The molecule has 30 heavy (non-hydrogen) atoms. The number of hydrogen-bond donors (Lipinski definition) is 1. The molecule has 0 saturated carbocycles. The first kappa shape index (κ1) is 19.4. The molecule has 0 amide bonds. The lowest BCUT2D eigenvalue weighted by molar-refractivity contribution is -0.137. The first-order chi connectivity index (χ1) is 14.3. The van der Waals surface area contributed by atoms with E-state index in [1.165, 1.54) is 22.9 Å². The van der Waals surface area contributed by atoms with Gasteiger partial charge >= 0.3 is 12.1 Å². The number of carboxylic acids is 1. The number of alkyl halides is 3. The fourth-order valence-electron chi connectivity index (χ4n) is 3.02. The summed E-state index contributed by atoms with van der Waals surface area (Å²) >= 11 is 0. The highest BCUT2D eigenvalue weighted by atomic mass is 19.4. The van der Waals surface area contributed by atoms with Crippen LogP contribution in [0, 0.1) is 0 Å². The Kier molecular flexibility index (Phi) is 4.83. The van der Waals surface area contributed by atoms with Crippen molar-refractivity contribution in [2.45, 2.75) is 6.18 Å². The van der Waals surface area contributed by atoms with E-state index < -0.39 is 17.7 Å². The van der Waals surface area contributed by atoms with Gasteiger partial charge in [0.15, 0.2) is 0 Å². The lowest BCUT2D eigenvalue weighted by atomic mass is 10.0. The minimum Gasteiger partial charge on any atom is -0.478 e. The molecule has 8 heteroatoms. The molecule has 0 fully saturated rings. The molecule has 0 aliphatic rings. The lowest BCUT2D eigenvalue weighted by Gasteiger charge is -2.08. The number of nitrogens with zero attached hydrogens (tertiary/aromatic N) is 3. The van der Waals surface area contributed by atoms with Crippen LogP contribution in [0.5, 0.6) is 0 Å². The van der Waals surface area contributed by atoms with Gasteiger partial charge in [0.1, 0.15) is 5.69 Å². The monoisotopic (exact) mass is 409 g/mol. The van der Waals surface area contributed by atoms with Crippen molar-refractivity contribution in [2.75, 3.05) is 0 Å². The molecule has 0 radical (unpaired) electrons. The summed E-state index contributed by atoms with van der Waals surface area (Å²) in [5.74, 6) is -1.09. The highest BCUT2D eigenvalue weighted by Gasteiger charge is 2.30. The van der Waals surface area contributed by atoms with E-state index in [0.717, 1.165) is 17.7 Å². The third-order valence-electron chi connectivity index (χ3n) is 4.54. The Morgan fingerprint density at radius 1 is 0.867 bits per heavy atom. The molecule has 4 rings (SSSR count). The van der Waals surface area contributed by atoms with Crippen LogP contribution in [-0.4, -0.2) is 26.1 Å². The standard InChI is InChI=1S/C22H14F3N3O2/c23-22(24,25)18-8-6-15(7-9-18)20-13-28(27-26-20)19-11-16(10-17(12-19)21(29)30)14-4-2-1-3-5-14/h1-13H,(H,29,30). The Bertz CT molecular complexity index is 1200. The Morgan fingerprint density at radius 3 is 2.20 bits per heavy atom. The second-order valence-corrected chi connectivity index (χ2v) is 6.56. The predicted octanol–water partition coefficient (Wildman–Crippen LogP) is 5.32. The van der Waals surface area contributed by atoms with Gasteiger partial charge in [-0.1, -0.05) is 47.7 Å². The molecule has 0 aliphatic heterocycles. The van der Waals surface area contributed by atoms with Crippen LogP contribution in [0.4, 0.5) is 13.2 Å². The summed E-state index contributed by atoms with van der Waals surface area (Å²) in [7, 11) is 0. The molecule has 5 nitrogen and oxygen atoms in total. The minimum absolute atomic E-state index is 0.0814. The molecular formula is C22H14F3N3O2. The maximum Gasteiger partial charge on any atom is 0.416 e. The maximum atomic E-state index is 12.7. The van der Waals surface area contributed by atoms with Crippen LogP contribution >= 0.6 is 0 Å². The van der Waals surface area contributed by atoms with Gasteiger partial charge in [0.25, 0.3) is 0 Å². The first-order valence-electron chi connectivity index (χ1n) is 8.85. The summed E-state index contributed by atoms with van der Waals surface area (Å²) < 4.78 is 39.6. The molecule has 0 atom stereocenters. The van der Waals surface area contributed by atoms with Crippen molar-refractivity contribution >= 4 is 5.97 Å². The van der Waals surface area contributed by atoms with E-state index in [9.17, 15) is 23.1 Å². The number of aromatic carboxylic acids is 1. The van der Waals surface area contributed by atoms with Crippen molar-refractivity contribution in [3.05, 3.63) is 90.1 Å². The van der Waals surface area contributed by atoms with E-state index in [-0.39, 0.29) is 5.56 Å². The van der Waals surface area contributed by atoms with Gasteiger partial charge in [0.2, 0.25) is 0 Å². The molecule has 1 N–H and O–H groups in total. The molecule has 1 heterocycles. The van der Waals surface area contributed by atoms with Crippen molar-refractivity contribution in [3.8, 4) is 28.1 Å². The number of carbonyl (C=O) groups is 1. The summed E-state index contributed by atoms with van der Waals surface area (Å²) in [6.45, 7) is 0. The fraction of sp³-hybridized carbons (Fsp3) is 0.0455. The highest BCUT2D eigenvalue weighted by molar-refractivity contribution is 5.90. The first-order valence-corrected chi connectivity index (χ1v) is 8.85. The largest absolute Gasteiger partial charge is 0.478 e. The molecule has 0 bridgehead atoms. The average molecular weight is 409 g/mol. The van der Waals surface area contributed by atoms with Crippen LogP contribution in [0.2, 0.25) is 0 Å². The van der Waals surface area contributed by atoms with E-state index in [1.807, 2.05) is 30.3 Å². The van der Waals surface area contributed by atoms with Gasteiger partial charge in [-0.05, 0) is 41.5 Å². The Hall–Kier alpha value is -3.94. The van der Waals surface area contributed by atoms with E-state index in [4.69, 9.17) is 0 Å². The van der Waals surface area contributed by atoms with E-state index in [0.29, 0.717) is 22.5 Å². The minimum atomic E-state index is -4.42. The van der Waals surface area contributed by atoms with Crippen LogP contribution in [0.3, 0.4) is 0 Å². The number of benzene rings is 3. The Balaban J connectivity index is 1.72. The molecule has 0 unspecified atom stereocenters. The fourth-order valence-corrected chi connectivity index (χ4v) is 3.02. The van der Waals surface area contributed by atoms with E-state index in [1.54, 1.807) is 18.3 Å². The lowest BCUT2D eigenvalue weighted by Crippen LogP contribution is -2.03. The van der Waals surface area contributed by atoms with Crippen molar-refractivity contribution < 1.29 is 23.1 Å². The zero-order valence-corrected chi connectivity index (χ0v) is 15.3. The average Bonchev–Trinajstić information content (AvgIpc) is 3.24. The second-order valence-electron chi connectivity index (χ2n) is 6.56. The molecule has 0 spiro atoms. The van der Waals surface area contributed by atoms with Gasteiger partial charge in [0.05, 0.1) is 23.0 Å². The van der Waals surface area contributed by atoms with Gasteiger partial charge in [-0.2, -0.15) is 13.2 Å². The molecule has 150 valence electrons. The zero-order chi connectivity index (χ0) is 21.3. The predicted molar refractivity (Wildman–Crippen MR) is 104 cm³/mol. The maximum absolute atomic E-state index is 12.7. The van der Waals surface area contributed by atoms with Crippen LogP contribution in [-0.2, 0) is 6.18 Å². The van der Waals surface area contributed by atoms with Crippen LogP contribution in [0.1, 0.15) is 15.9 Å². The summed E-state index contributed by atoms with van der Waals surface area (Å²) in [4.78, 5) is 11.6. The van der Waals surface area contributed by atoms with Crippen molar-refractivity contribution in [1.29, 1.82) is 0 Å². The molecular weight excluding hydrogens is 395 g/mol. The molecule has 0 saturated heterocycles. The SMILES string of the molecule is O=C(O)c1cc(-c2ccccc2)cc(-n2cc(-c3ccc(C(F)(F)F)cc3)nn2)c1. The summed E-state index contributed by atoms with van der Waals surface area (Å²) in [6.07, 6.45) is -2.88.